The molecular formula is C61H59N. The monoisotopic (exact) mass is 805 g/mol. The van der Waals surface area contributed by atoms with Crippen molar-refractivity contribution in [3.05, 3.63) is 186 Å². The van der Waals surface area contributed by atoms with Gasteiger partial charge in [-0.05, 0) is 178 Å². The summed E-state index contributed by atoms with van der Waals surface area (Å²) in [5.74, 6) is 3.49. The predicted molar refractivity (Wildman–Crippen MR) is 261 cm³/mol. The summed E-state index contributed by atoms with van der Waals surface area (Å²) < 4.78 is 0. The Hall–Kier alpha value is -5.66. The second-order valence-electron chi connectivity index (χ2n) is 20.6. The Morgan fingerprint density at radius 1 is 0.435 bits per heavy atom. The highest BCUT2D eigenvalue weighted by Gasteiger charge is 2.51. The van der Waals surface area contributed by atoms with Crippen LogP contribution in [0.4, 0.5) is 17.1 Å². The van der Waals surface area contributed by atoms with Crippen molar-refractivity contribution in [1.82, 2.24) is 0 Å². The molecule has 6 aliphatic carbocycles. The van der Waals surface area contributed by atoms with E-state index in [0.29, 0.717) is 11.3 Å². The van der Waals surface area contributed by atoms with Crippen molar-refractivity contribution >= 4 is 17.1 Å². The number of benzene rings is 7. The minimum atomic E-state index is -0.119. The number of anilines is 3. The van der Waals surface area contributed by atoms with Crippen LogP contribution in [0.1, 0.15) is 113 Å². The Kier molecular flexibility index (Phi) is 9.21. The molecular weight excluding hydrogens is 747 g/mol. The van der Waals surface area contributed by atoms with Gasteiger partial charge >= 0.3 is 0 Å². The summed E-state index contributed by atoms with van der Waals surface area (Å²) in [6.07, 6.45) is 15.3. The molecule has 62 heavy (non-hydrogen) atoms. The minimum absolute atomic E-state index is 0.119. The van der Waals surface area contributed by atoms with E-state index in [4.69, 9.17) is 0 Å². The summed E-state index contributed by atoms with van der Waals surface area (Å²) in [6, 6.07) is 63.1. The second-order valence-corrected chi connectivity index (χ2v) is 20.6. The van der Waals surface area contributed by atoms with Gasteiger partial charge in [0.2, 0.25) is 0 Å². The quantitative estimate of drug-likeness (QED) is 0.148. The van der Waals surface area contributed by atoms with Crippen molar-refractivity contribution in [2.75, 3.05) is 4.90 Å². The zero-order chi connectivity index (χ0) is 41.4. The molecule has 0 aliphatic heterocycles. The van der Waals surface area contributed by atoms with Crippen LogP contribution in [0.3, 0.4) is 0 Å². The maximum absolute atomic E-state index is 2.56. The zero-order valence-corrected chi connectivity index (χ0v) is 36.6. The molecule has 0 N–H and O–H groups in total. The van der Waals surface area contributed by atoms with E-state index >= 15 is 0 Å². The lowest BCUT2D eigenvalue weighted by Crippen LogP contribution is -2.48. The third-order valence-corrected chi connectivity index (χ3v) is 16.5. The highest BCUT2D eigenvalue weighted by atomic mass is 15.1. The lowest BCUT2D eigenvalue weighted by Gasteiger charge is -2.57. The van der Waals surface area contributed by atoms with E-state index in [9.17, 15) is 0 Å². The highest BCUT2D eigenvalue weighted by molar-refractivity contribution is 5.95. The average molecular weight is 806 g/mol. The third kappa shape index (κ3) is 6.41. The molecule has 0 heterocycles. The van der Waals surface area contributed by atoms with Crippen molar-refractivity contribution in [2.45, 2.75) is 101 Å². The molecule has 13 rings (SSSR count). The Labute approximate surface area is 369 Å². The molecule has 6 aliphatic rings. The van der Waals surface area contributed by atoms with Gasteiger partial charge in [-0.2, -0.15) is 0 Å². The summed E-state index contributed by atoms with van der Waals surface area (Å²) >= 11 is 0. The predicted octanol–water partition coefficient (Wildman–Crippen LogP) is 17.0. The Balaban J connectivity index is 0.976. The van der Waals surface area contributed by atoms with Gasteiger partial charge in [-0.1, -0.05) is 161 Å². The van der Waals surface area contributed by atoms with Crippen LogP contribution >= 0.6 is 0 Å². The molecule has 5 fully saturated rings. The van der Waals surface area contributed by atoms with Crippen LogP contribution < -0.4 is 4.90 Å². The van der Waals surface area contributed by atoms with E-state index in [1.54, 1.807) is 5.56 Å². The number of fused-ring (bicyclic) bond motifs is 3. The van der Waals surface area contributed by atoms with E-state index in [1.165, 1.54) is 149 Å². The molecule has 0 saturated heterocycles. The van der Waals surface area contributed by atoms with Crippen molar-refractivity contribution in [2.24, 2.45) is 17.8 Å². The fourth-order valence-corrected chi connectivity index (χ4v) is 13.8. The van der Waals surface area contributed by atoms with E-state index in [-0.39, 0.29) is 5.41 Å². The second kappa shape index (κ2) is 15.0. The summed E-state index contributed by atoms with van der Waals surface area (Å²) in [4.78, 5) is 2.56. The topological polar surface area (TPSA) is 3.24 Å². The molecule has 4 bridgehead atoms. The lowest BCUT2D eigenvalue weighted by atomic mass is 9.48. The standard InChI is InChI=1S/C61H59N/c1-60(2)57-20-12-11-19-54(57)56-36-55(46-15-7-4-8-16-46)59(37-58(56)60)62(51-31-27-49(28-32-51)61-38-41-33-42(39-61)35-43(34-41)40-61)50-29-25-48(26-30-50)53-18-10-9-17-52(53)47-23-21-45(22-24-47)44-13-5-3-6-14-44/h4,7-12,15-32,36-37,41-44H,3,5-6,13-14,33-35,38-40H2,1-2H3. The summed E-state index contributed by atoms with van der Waals surface area (Å²) in [5, 5.41) is 0. The van der Waals surface area contributed by atoms with E-state index in [2.05, 4.69) is 183 Å². The SMILES string of the molecule is CC1(C)c2ccccc2-c2cc(-c3ccccc3)c(N(c3ccc(-c4ccccc4-c4ccc(C5CCCCC5)cc4)cc3)c3ccc(C45CC6CC(CC(C6)C4)C5)cc3)cc21. The summed E-state index contributed by atoms with van der Waals surface area (Å²) in [5.41, 5.74) is 20.1. The van der Waals surface area contributed by atoms with Crippen LogP contribution in [0.2, 0.25) is 0 Å². The third-order valence-electron chi connectivity index (χ3n) is 16.5. The fourth-order valence-electron chi connectivity index (χ4n) is 13.8. The van der Waals surface area contributed by atoms with Gasteiger partial charge in [-0.25, -0.2) is 0 Å². The van der Waals surface area contributed by atoms with Gasteiger partial charge in [-0.3, -0.25) is 0 Å². The fraction of sp³-hybridized carbons (Fsp3) is 0.311. The van der Waals surface area contributed by atoms with E-state index < -0.39 is 0 Å². The van der Waals surface area contributed by atoms with Gasteiger partial charge in [-0.15, -0.1) is 0 Å². The summed E-state index contributed by atoms with van der Waals surface area (Å²) in [6.45, 7) is 4.81. The summed E-state index contributed by atoms with van der Waals surface area (Å²) in [7, 11) is 0. The molecule has 7 aromatic rings. The highest BCUT2D eigenvalue weighted by Crippen LogP contribution is 2.61. The first kappa shape index (κ1) is 38.0. The Bertz CT molecular complexity index is 2710. The van der Waals surface area contributed by atoms with Gasteiger partial charge in [0.15, 0.2) is 0 Å². The number of nitrogens with zero attached hydrogens (tertiary/aromatic N) is 1. The molecule has 1 nitrogen and oxygen atoms in total. The van der Waals surface area contributed by atoms with Crippen LogP contribution in [-0.4, -0.2) is 0 Å². The maximum atomic E-state index is 2.56. The molecule has 0 unspecified atom stereocenters. The van der Waals surface area contributed by atoms with Crippen molar-refractivity contribution in [3.63, 3.8) is 0 Å². The first-order valence-corrected chi connectivity index (χ1v) is 23.9. The number of rotatable bonds is 8. The van der Waals surface area contributed by atoms with E-state index in [0.717, 1.165) is 17.8 Å². The first-order chi connectivity index (χ1) is 30.4. The normalized spacial score (nSPS) is 23.2. The molecule has 0 radical (unpaired) electrons. The average Bonchev–Trinajstić information content (AvgIpc) is 3.54. The van der Waals surface area contributed by atoms with Crippen molar-refractivity contribution in [3.8, 4) is 44.5 Å². The van der Waals surface area contributed by atoms with Crippen molar-refractivity contribution < 1.29 is 0 Å². The number of hydrogen-bond donors (Lipinski definition) is 0. The zero-order valence-electron chi connectivity index (χ0n) is 36.6. The van der Waals surface area contributed by atoms with Crippen LogP contribution in [-0.2, 0) is 10.8 Å². The molecule has 0 spiro atoms. The molecule has 0 amide bonds. The van der Waals surface area contributed by atoms with Crippen LogP contribution in [0.5, 0.6) is 0 Å². The van der Waals surface area contributed by atoms with Gasteiger partial charge in [0.05, 0.1) is 5.69 Å². The molecule has 0 aromatic heterocycles. The molecule has 1 heteroatoms. The van der Waals surface area contributed by atoms with Crippen LogP contribution in [0, 0.1) is 17.8 Å². The first-order valence-electron chi connectivity index (χ1n) is 23.9. The molecule has 5 saturated carbocycles. The lowest BCUT2D eigenvalue weighted by molar-refractivity contribution is -0.00518. The maximum Gasteiger partial charge on any atom is 0.0543 e. The smallest absolute Gasteiger partial charge is 0.0543 e. The molecule has 0 atom stereocenters. The minimum Gasteiger partial charge on any atom is -0.310 e. The van der Waals surface area contributed by atoms with E-state index in [1.807, 2.05) is 0 Å². The van der Waals surface area contributed by atoms with Gasteiger partial charge < -0.3 is 4.90 Å². The largest absolute Gasteiger partial charge is 0.310 e. The van der Waals surface area contributed by atoms with Crippen LogP contribution in [0.25, 0.3) is 44.5 Å². The van der Waals surface area contributed by atoms with Gasteiger partial charge in [0, 0.05) is 22.4 Å². The molecule has 308 valence electrons. The Morgan fingerprint density at radius 2 is 0.952 bits per heavy atom. The molecule has 7 aromatic carbocycles. The van der Waals surface area contributed by atoms with Gasteiger partial charge in [0.25, 0.3) is 0 Å². The van der Waals surface area contributed by atoms with Crippen molar-refractivity contribution in [1.29, 1.82) is 0 Å². The Morgan fingerprint density at radius 3 is 1.56 bits per heavy atom. The van der Waals surface area contributed by atoms with Crippen LogP contribution in [0.15, 0.2) is 164 Å². The van der Waals surface area contributed by atoms with Gasteiger partial charge in [0.1, 0.15) is 0 Å². The number of hydrogen-bond acceptors (Lipinski definition) is 1.